The molecule has 2 heterocycles. The van der Waals surface area contributed by atoms with Gasteiger partial charge in [0.25, 0.3) is 0 Å². The van der Waals surface area contributed by atoms with Gasteiger partial charge in [-0.05, 0) is 32.2 Å². The Hall–Kier alpha value is -1.50. The molecule has 6 nitrogen and oxygen atoms in total. The Morgan fingerprint density at radius 3 is 2.44 bits per heavy atom. The molecule has 1 aromatic rings. The minimum Gasteiger partial charge on any atom is -0.368 e. The van der Waals surface area contributed by atoms with Crippen LogP contribution in [-0.2, 0) is 0 Å². The Balaban J connectivity index is 1.46. The maximum atomic E-state index is 6.14. The molecule has 0 aromatic heterocycles. The van der Waals surface area contributed by atoms with E-state index in [1.54, 1.807) is 0 Å². The summed E-state index contributed by atoms with van der Waals surface area (Å²) in [6.07, 6.45) is 0. The molecule has 3 rings (SSSR count). The first-order valence-electron chi connectivity index (χ1n) is 9.95. The van der Waals surface area contributed by atoms with E-state index in [0.29, 0.717) is 6.04 Å². The van der Waals surface area contributed by atoms with Gasteiger partial charge in [-0.2, -0.15) is 0 Å². The molecule has 0 amide bonds. The quantitative estimate of drug-likeness (QED) is 0.623. The van der Waals surface area contributed by atoms with Crippen molar-refractivity contribution >= 4 is 23.2 Å². The highest BCUT2D eigenvalue weighted by atomic mass is 35.5. The van der Waals surface area contributed by atoms with E-state index >= 15 is 0 Å². The van der Waals surface area contributed by atoms with E-state index in [2.05, 4.69) is 49.9 Å². The average Bonchev–Trinajstić information content (AvgIpc) is 2.69. The van der Waals surface area contributed by atoms with Crippen LogP contribution in [0, 0.1) is 0 Å². The Kier molecular flexibility index (Phi) is 7.21. The molecule has 2 saturated heterocycles. The Labute approximate surface area is 168 Å². The van der Waals surface area contributed by atoms with E-state index < -0.39 is 0 Å². The highest BCUT2D eigenvalue weighted by Crippen LogP contribution is 2.20. The Morgan fingerprint density at radius 1 is 1.11 bits per heavy atom. The smallest absolute Gasteiger partial charge is 0.193 e. The Morgan fingerprint density at radius 2 is 1.81 bits per heavy atom. The van der Waals surface area contributed by atoms with Crippen LogP contribution in [0.25, 0.3) is 0 Å². The van der Waals surface area contributed by atoms with E-state index in [1.165, 1.54) is 5.69 Å². The summed E-state index contributed by atoms with van der Waals surface area (Å²) >= 11 is 6.14. The van der Waals surface area contributed by atoms with Gasteiger partial charge in [-0.1, -0.05) is 17.7 Å². The zero-order chi connectivity index (χ0) is 19.2. The number of anilines is 1. The number of hydrogen-bond donors (Lipinski definition) is 1. The topological polar surface area (TPSA) is 37.4 Å². The molecule has 0 aliphatic carbocycles. The number of halogens is 1. The number of benzene rings is 1. The summed E-state index contributed by atoms with van der Waals surface area (Å²) < 4.78 is 0. The van der Waals surface area contributed by atoms with Crippen LogP contribution in [0.5, 0.6) is 0 Å². The van der Waals surface area contributed by atoms with E-state index in [9.17, 15) is 0 Å². The van der Waals surface area contributed by atoms with Gasteiger partial charge in [0.1, 0.15) is 0 Å². The number of nitrogens with one attached hydrogen (secondary N) is 1. The number of likely N-dealkylation sites (N-methyl/N-ethyl adjacent to an activating group) is 1. The fourth-order valence-electron chi connectivity index (χ4n) is 3.81. The molecule has 0 radical (unpaired) electrons. The van der Waals surface area contributed by atoms with Crippen molar-refractivity contribution < 1.29 is 0 Å². The molecule has 150 valence electrons. The second kappa shape index (κ2) is 9.62. The third kappa shape index (κ3) is 5.50. The lowest BCUT2D eigenvalue weighted by Gasteiger charge is -2.39. The van der Waals surface area contributed by atoms with Crippen molar-refractivity contribution in [2.45, 2.75) is 13.0 Å². The summed E-state index contributed by atoms with van der Waals surface area (Å²) in [6, 6.07) is 8.64. The fourth-order valence-corrected chi connectivity index (χ4v) is 4.00. The van der Waals surface area contributed by atoms with Crippen molar-refractivity contribution in [1.29, 1.82) is 0 Å². The second-order valence-electron chi connectivity index (χ2n) is 7.57. The molecular weight excluding hydrogens is 360 g/mol. The first kappa shape index (κ1) is 20.2. The molecule has 0 bridgehead atoms. The van der Waals surface area contributed by atoms with Crippen LogP contribution in [0.3, 0.4) is 0 Å². The molecule has 2 aliphatic rings. The molecule has 1 atom stereocenters. The van der Waals surface area contributed by atoms with Crippen LogP contribution < -0.4 is 10.2 Å². The maximum Gasteiger partial charge on any atom is 0.193 e. The van der Waals surface area contributed by atoms with Gasteiger partial charge < -0.3 is 20.0 Å². The number of hydrogen-bond acceptors (Lipinski definition) is 4. The molecule has 7 heteroatoms. The summed E-state index contributed by atoms with van der Waals surface area (Å²) in [4.78, 5) is 14.2. The van der Waals surface area contributed by atoms with E-state index in [0.717, 1.165) is 69.9 Å². The minimum absolute atomic E-state index is 0.517. The van der Waals surface area contributed by atoms with Crippen molar-refractivity contribution in [3.05, 3.63) is 29.3 Å². The van der Waals surface area contributed by atoms with Crippen LogP contribution in [0.1, 0.15) is 6.92 Å². The molecule has 1 N–H and O–H groups in total. The van der Waals surface area contributed by atoms with Gasteiger partial charge in [-0.25, -0.2) is 0 Å². The van der Waals surface area contributed by atoms with Crippen LogP contribution in [0.15, 0.2) is 29.3 Å². The SMILES string of the molecule is CN=C(NCC(C)N1CCN(C)CC1)N1CCN(c2cccc(Cl)c2)CC1. The van der Waals surface area contributed by atoms with Gasteiger partial charge in [0.15, 0.2) is 5.96 Å². The van der Waals surface area contributed by atoms with Crippen molar-refractivity contribution in [3.63, 3.8) is 0 Å². The first-order valence-corrected chi connectivity index (χ1v) is 10.3. The van der Waals surface area contributed by atoms with E-state index in [4.69, 9.17) is 11.6 Å². The van der Waals surface area contributed by atoms with Gasteiger partial charge in [0.2, 0.25) is 0 Å². The van der Waals surface area contributed by atoms with Gasteiger partial charge in [0.05, 0.1) is 0 Å². The summed E-state index contributed by atoms with van der Waals surface area (Å²) in [5.74, 6) is 1.02. The zero-order valence-electron chi connectivity index (χ0n) is 16.9. The molecule has 0 saturated carbocycles. The number of nitrogens with zero attached hydrogens (tertiary/aromatic N) is 5. The molecule has 27 heavy (non-hydrogen) atoms. The third-order valence-corrected chi connectivity index (χ3v) is 5.92. The van der Waals surface area contributed by atoms with Crippen LogP contribution >= 0.6 is 11.6 Å². The van der Waals surface area contributed by atoms with Gasteiger partial charge >= 0.3 is 0 Å². The molecular formula is C20H33ClN6. The average molecular weight is 393 g/mol. The number of piperazine rings is 2. The normalized spacial score (nSPS) is 21.4. The molecule has 2 fully saturated rings. The highest BCUT2D eigenvalue weighted by molar-refractivity contribution is 6.30. The number of aliphatic imine (C=N–C) groups is 1. The first-order chi connectivity index (χ1) is 13.1. The van der Waals surface area contributed by atoms with Crippen LogP contribution in [0.4, 0.5) is 5.69 Å². The van der Waals surface area contributed by atoms with E-state index in [1.807, 2.05) is 25.2 Å². The lowest BCUT2D eigenvalue weighted by molar-refractivity contribution is 0.119. The molecule has 1 aromatic carbocycles. The minimum atomic E-state index is 0.517. The van der Waals surface area contributed by atoms with Gasteiger partial charge in [0, 0.05) is 82.7 Å². The lowest BCUT2D eigenvalue weighted by Crippen LogP contribution is -2.55. The molecule has 2 aliphatic heterocycles. The van der Waals surface area contributed by atoms with Gasteiger partial charge in [-0.15, -0.1) is 0 Å². The predicted octanol–water partition coefficient (Wildman–Crippen LogP) is 1.67. The molecule has 1 unspecified atom stereocenters. The summed E-state index contributed by atoms with van der Waals surface area (Å²) in [5, 5.41) is 4.39. The number of guanidine groups is 1. The summed E-state index contributed by atoms with van der Waals surface area (Å²) in [7, 11) is 4.08. The predicted molar refractivity (Wildman–Crippen MR) is 115 cm³/mol. The van der Waals surface area contributed by atoms with Crippen molar-refractivity contribution in [3.8, 4) is 0 Å². The largest absolute Gasteiger partial charge is 0.368 e. The monoisotopic (exact) mass is 392 g/mol. The highest BCUT2D eigenvalue weighted by Gasteiger charge is 2.22. The number of rotatable bonds is 4. The Bertz CT molecular complexity index is 621. The summed E-state index contributed by atoms with van der Waals surface area (Å²) in [5.41, 5.74) is 1.20. The maximum absolute atomic E-state index is 6.14. The van der Waals surface area contributed by atoms with Crippen molar-refractivity contribution in [2.75, 3.05) is 77.9 Å². The zero-order valence-corrected chi connectivity index (χ0v) is 17.6. The van der Waals surface area contributed by atoms with Crippen molar-refractivity contribution in [1.82, 2.24) is 20.0 Å². The fraction of sp³-hybridized carbons (Fsp3) is 0.650. The van der Waals surface area contributed by atoms with Gasteiger partial charge in [-0.3, -0.25) is 9.89 Å². The molecule has 0 spiro atoms. The second-order valence-corrected chi connectivity index (χ2v) is 8.01. The summed E-state index contributed by atoms with van der Waals surface area (Å²) in [6.45, 7) is 11.8. The van der Waals surface area contributed by atoms with Crippen LogP contribution in [0.2, 0.25) is 5.02 Å². The third-order valence-electron chi connectivity index (χ3n) is 5.68. The lowest BCUT2D eigenvalue weighted by atomic mass is 10.2. The van der Waals surface area contributed by atoms with E-state index in [-0.39, 0.29) is 0 Å². The van der Waals surface area contributed by atoms with Crippen molar-refractivity contribution in [2.24, 2.45) is 4.99 Å². The van der Waals surface area contributed by atoms with Crippen LogP contribution in [-0.4, -0.2) is 99.7 Å². The standard InChI is InChI=1S/C20H33ClN6/c1-17(25-9-7-24(3)8-10-25)16-23-20(22-2)27-13-11-26(12-14-27)19-6-4-5-18(21)15-19/h4-6,15,17H,7-14,16H2,1-3H3,(H,22,23).